The van der Waals surface area contributed by atoms with Crippen LogP contribution in [0, 0.1) is 0 Å². The Kier molecular flexibility index (Phi) is 9.27. The molecule has 0 aliphatic heterocycles. The number of halogens is 1. The standard InChI is InChI=1S/C33H32BrNO5/c1-33(2,3)40-32(38)26-13-16-29(17-14-26)35(20-23-9-11-25(12-10-23)31(36)37)21-27-19-28(34)15-18-30(27)39-22-24-7-5-4-6-8-24/h4-19H,20-22H2,1-3H3,(H,36,37). The highest BCUT2D eigenvalue weighted by molar-refractivity contribution is 9.10. The number of anilines is 1. The lowest BCUT2D eigenvalue weighted by molar-refractivity contribution is 0.00693. The highest BCUT2D eigenvalue weighted by atomic mass is 79.9. The van der Waals surface area contributed by atoms with Crippen LogP contribution in [0.3, 0.4) is 0 Å². The van der Waals surface area contributed by atoms with Crippen LogP contribution in [0.5, 0.6) is 5.75 Å². The number of carbonyl (C=O) groups is 2. The summed E-state index contributed by atoms with van der Waals surface area (Å²) < 4.78 is 12.7. The third kappa shape index (κ3) is 8.20. The van der Waals surface area contributed by atoms with E-state index in [0.29, 0.717) is 25.3 Å². The summed E-state index contributed by atoms with van der Waals surface area (Å²) in [5.41, 5.74) is 4.01. The molecule has 206 valence electrons. The summed E-state index contributed by atoms with van der Waals surface area (Å²) in [5, 5.41) is 9.29. The van der Waals surface area contributed by atoms with E-state index in [1.165, 1.54) is 0 Å². The first-order valence-corrected chi connectivity index (χ1v) is 13.7. The number of esters is 1. The number of benzene rings is 4. The van der Waals surface area contributed by atoms with Crippen molar-refractivity contribution >= 4 is 33.6 Å². The van der Waals surface area contributed by atoms with Gasteiger partial charge >= 0.3 is 11.9 Å². The Morgan fingerprint density at radius 2 is 1.45 bits per heavy atom. The minimum atomic E-state index is -0.963. The van der Waals surface area contributed by atoms with Crippen molar-refractivity contribution in [1.82, 2.24) is 0 Å². The first kappa shape index (κ1) is 28.9. The predicted octanol–water partition coefficient (Wildman–Crippen LogP) is 7.89. The van der Waals surface area contributed by atoms with Gasteiger partial charge in [0.1, 0.15) is 18.0 Å². The molecule has 0 heterocycles. The summed E-state index contributed by atoms with van der Waals surface area (Å²) in [6, 6.07) is 30.1. The van der Waals surface area contributed by atoms with Crippen molar-refractivity contribution < 1.29 is 24.2 Å². The summed E-state index contributed by atoms with van der Waals surface area (Å²) >= 11 is 3.60. The molecule has 0 bridgehead atoms. The maximum atomic E-state index is 12.6. The van der Waals surface area contributed by atoms with Gasteiger partial charge in [-0.1, -0.05) is 58.4 Å². The zero-order valence-electron chi connectivity index (χ0n) is 22.8. The topological polar surface area (TPSA) is 76.1 Å². The average Bonchev–Trinajstić information content (AvgIpc) is 2.92. The molecule has 0 saturated heterocycles. The molecule has 0 spiro atoms. The van der Waals surface area contributed by atoms with Gasteiger partial charge in [-0.05, 0) is 86.5 Å². The van der Waals surface area contributed by atoms with Gasteiger partial charge in [0, 0.05) is 28.8 Å². The molecule has 0 atom stereocenters. The van der Waals surface area contributed by atoms with E-state index in [2.05, 4.69) is 20.8 Å². The molecule has 0 fully saturated rings. The molecule has 0 aliphatic rings. The number of hydrogen-bond acceptors (Lipinski definition) is 5. The third-order valence-electron chi connectivity index (χ3n) is 6.06. The highest BCUT2D eigenvalue weighted by Gasteiger charge is 2.19. The van der Waals surface area contributed by atoms with Crippen molar-refractivity contribution in [2.45, 2.75) is 46.1 Å². The second kappa shape index (κ2) is 12.8. The zero-order valence-corrected chi connectivity index (χ0v) is 24.4. The van der Waals surface area contributed by atoms with Crippen molar-refractivity contribution in [2.24, 2.45) is 0 Å². The maximum Gasteiger partial charge on any atom is 0.338 e. The van der Waals surface area contributed by atoms with Crippen LogP contribution in [-0.2, 0) is 24.4 Å². The monoisotopic (exact) mass is 601 g/mol. The Hall–Kier alpha value is -4.10. The van der Waals surface area contributed by atoms with Gasteiger partial charge < -0.3 is 19.5 Å². The molecule has 4 aromatic rings. The Balaban J connectivity index is 1.62. The van der Waals surface area contributed by atoms with Gasteiger partial charge in [0.25, 0.3) is 0 Å². The number of carbonyl (C=O) groups excluding carboxylic acids is 1. The number of rotatable bonds is 10. The molecule has 0 aliphatic carbocycles. The fraction of sp³-hybridized carbons (Fsp3) is 0.212. The van der Waals surface area contributed by atoms with Crippen LogP contribution < -0.4 is 9.64 Å². The van der Waals surface area contributed by atoms with E-state index in [1.807, 2.05) is 93.6 Å². The lowest BCUT2D eigenvalue weighted by Crippen LogP contribution is -2.24. The van der Waals surface area contributed by atoms with E-state index in [4.69, 9.17) is 9.47 Å². The molecule has 0 aromatic heterocycles. The van der Waals surface area contributed by atoms with Crippen molar-refractivity contribution in [1.29, 1.82) is 0 Å². The quantitative estimate of drug-likeness (QED) is 0.186. The largest absolute Gasteiger partial charge is 0.489 e. The summed E-state index contributed by atoms with van der Waals surface area (Å²) in [6.07, 6.45) is 0. The average molecular weight is 603 g/mol. The minimum absolute atomic E-state index is 0.237. The number of ether oxygens (including phenoxy) is 2. The van der Waals surface area contributed by atoms with Crippen LogP contribution in [-0.4, -0.2) is 22.6 Å². The third-order valence-corrected chi connectivity index (χ3v) is 6.56. The Morgan fingerprint density at radius 1 is 0.800 bits per heavy atom. The van der Waals surface area contributed by atoms with E-state index in [1.54, 1.807) is 24.3 Å². The number of hydrogen-bond donors (Lipinski definition) is 1. The van der Waals surface area contributed by atoms with E-state index in [0.717, 1.165) is 32.6 Å². The molecule has 6 nitrogen and oxygen atoms in total. The molecule has 7 heteroatoms. The number of carboxylic acid groups (broad SMARTS) is 1. The second-order valence-corrected chi connectivity index (χ2v) is 11.3. The predicted molar refractivity (Wildman–Crippen MR) is 160 cm³/mol. The molecule has 0 radical (unpaired) electrons. The molecular weight excluding hydrogens is 570 g/mol. The lowest BCUT2D eigenvalue weighted by atomic mass is 10.1. The van der Waals surface area contributed by atoms with Crippen LogP contribution >= 0.6 is 15.9 Å². The van der Waals surface area contributed by atoms with Gasteiger partial charge in [0.2, 0.25) is 0 Å². The zero-order chi connectivity index (χ0) is 28.7. The van der Waals surface area contributed by atoms with Crippen LogP contribution in [0.25, 0.3) is 0 Å². The second-order valence-electron chi connectivity index (χ2n) is 10.4. The Labute approximate surface area is 243 Å². The van der Waals surface area contributed by atoms with Gasteiger partial charge in [0.15, 0.2) is 0 Å². The van der Waals surface area contributed by atoms with Gasteiger partial charge in [-0.2, -0.15) is 0 Å². The van der Waals surface area contributed by atoms with E-state index >= 15 is 0 Å². The van der Waals surface area contributed by atoms with Crippen molar-refractivity contribution in [3.05, 3.63) is 129 Å². The molecule has 0 unspecified atom stereocenters. The molecule has 0 amide bonds. The van der Waals surface area contributed by atoms with Crippen LogP contribution in [0.4, 0.5) is 5.69 Å². The maximum absolute atomic E-state index is 12.6. The summed E-state index contributed by atoms with van der Waals surface area (Å²) in [7, 11) is 0. The SMILES string of the molecule is CC(C)(C)OC(=O)c1ccc(N(Cc2ccc(C(=O)O)cc2)Cc2cc(Br)ccc2OCc2ccccc2)cc1. The fourth-order valence-electron chi connectivity index (χ4n) is 4.11. The Bertz CT molecular complexity index is 1450. The van der Waals surface area contributed by atoms with Crippen molar-refractivity contribution in [2.75, 3.05) is 4.90 Å². The van der Waals surface area contributed by atoms with Gasteiger partial charge in [0.05, 0.1) is 11.1 Å². The van der Waals surface area contributed by atoms with E-state index in [-0.39, 0.29) is 11.5 Å². The molecule has 4 rings (SSSR count). The molecule has 40 heavy (non-hydrogen) atoms. The lowest BCUT2D eigenvalue weighted by Gasteiger charge is -2.27. The van der Waals surface area contributed by atoms with Gasteiger partial charge in [-0.15, -0.1) is 0 Å². The van der Waals surface area contributed by atoms with Crippen LogP contribution in [0.1, 0.15) is 58.2 Å². The number of aromatic carboxylic acids is 1. The number of carboxylic acids is 1. The number of nitrogens with zero attached hydrogens (tertiary/aromatic N) is 1. The Morgan fingerprint density at radius 3 is 2.08 bits per heavy atom. The van der Waals surface area contributed by atoms with E-state index < -0.39 is 11.6 Å². The summed E-state index contributed by atoms with van der Waals surface area (Å²) in [4.78, 5) is 26.1. The van der Waals surface area contributed by atoms with Crippen molar-refractivity contribution in [3.63, 3.8) is 0 Å². The first-order chi connectivity index (χ1) is 19.1. The normalized spacial score (nSPS) is 11.1. The van der Waals surface area contributed by atoms with Crippen LogP contribution in [0.2, 0.25) is 0 Å². The highest BCUT2D eigenvalue weighted by Crippen LogP contribution is 2.29. The fourth-order valence-corrected chi connectivity index (χ4v) is 4.52. The van der Waals surface area contributed by atoms with Gasteiger partial charge in [-0.3, -0.25) is 0 Å². The first-order valence-electron chi connectivity index (χ1n) is 12.9. The van der Waals surface area contributed by atoms with Crippen molar-refractivity contribution in [3.8, 4) is 5.75 Å². The van der Waals surface area contributed by atoms with E-state index in [9.17, 15) is 14.7 Å². The smallest absolute Gasteiger partial charge is 0.338 e. The minimum Gasteiger partial charge on any atom is -0.489 e. The summed E-state index contributed by atoms with van der Waals surface area (Å²) in [6.45, 7) is 6.98. The van der Waals surface area contributed by atoms with Gasteiger partial charge in [-0.25, -0.2) is 9.59 Å². The van der Waals surface area contributed by atoms with Crippen LogP contribution in [0.15, 0.2) is 102 Å². The molecular formula is C33H32BrNO5. The molecule has 1 N–H and O–H groups in total. The summed E-state index contributed by atoms with van der Waals surface area (Å²) in [5.74, 6) is -0.572. The molecule has 0 saturated carbocycles. The molecule has 4 aromatic carbocycles.